The van der Waals surface area contributed by atoms with Gasteiger partial charge in [-0.15, -0.1) is 6.58 Å². The predicted molar refractivity (Wildman–Crippen MR) is 137 cm³/mol. The van der Waals surface area contributed by atoms with Gasteiger partial charge in [0.05, 0.1) is 18.2 Å². The van der Waals surface area contributed by atoms with Crippen LogP contribution in [-0.2, 0) is 13.0 Å². The molecule has 1 aromatic heterocycles. The zero-order chi connectivity index (χ0) is 24.6. The highest BCUT2D eigenvalue weighted by molar-refractivity contribution is 5.85. The molecule has 0 aliphatic heterocycles. The van der Waals surface area contributed by atoms with E-state index in [0.29, 0.717) is 30.3 Å². The number of nitrogens with one attached hydrogen (secondary N) is 1. The van der Waals surface area contributed by atoms with E-state index in [1.54, 1.807) is 19.4 Å². The average molecular weight is 469 g/mol. The van der Waals surface area contributed by atoms with Gasteiger partial charge in [0.15, 0.2) is 11.5 Å². The maximum atomic E-state index is 10.8. The Bertz CT molecular complexity index is 1380. The second-order valence-electron chi connectivity index (χ2n) is 7.66. The van der Waals surface area contributed by atoms with Gasteiger partial charge < -0.3 is 9.47 Å². The molecule has 0 fully saturated rings. The summed E-state index contributed by atoms with van der Waals surface area (Å²) < 4.78 is 11.9. The van der Waals surface area contributed by atoms with Gasteiger partial charge in [0.1, 0.15) is 18.6 Å². The Kier molecular flexibility index (Phi) is 7.32. The third kappa shape index (κ3) is 5.62. The van der Waals surface area contributed by atoms with Crippen LogP contribution in [0.15, 0.2) is 90.7 Å². The number of anilines is 1. The van der Waals surface area contributed by atoms with Crippen molar-refractivity contribution in [1.29, 1.82) is 0 Å². The number of nitrogens with zero attached hydrogens (tertiary/aromatic N) is 3. The van der Waals surface area contributed by atoms with E-state index in [2.05, 4.69) is 46.4 Å². The molecular formula is C27H24N4O4. The highest BCUT2D eigenvalue weighted by Gasteiger charge is 2.13. The van der Waals surface area contributed by atoms with E-state index in [-0.39, 0.29) is 5.69 Å². The number of allylic oxidation sites excluding steroid dienone is 1. The maximum absolute atomic E-state index is 10.8. The predicted octanol–water partition coefficient (Wildman–Crippen LogP) is 5.91. The molecule has 8 heteroatoms. The standard InChI is InChI=1S/C27H24N4O4/c1-3-7-21-14-19(16-29-30-26-13-12-23(17-28-26)31(32)33)15-25(34-2)27(21)35-18-22-10-6-9-20-8-4-5-11-24(20)22/h3-6,8-17H,1,7,18H2,2H3,(H,28,30)/b29-16+. The first-order valence-corrected chi connectivity index (χ1v) is 10.9. The van der Waals surface area contributed by atoms with Crippen molar-refractivity contribution in [2.45, 2.75) is 13.0 Å². The number of fused-ring (bicyclic) bond motifs is 1. The quantitative estimate of drug-likeness (QED) is 0.135. The Labute approximate surface area is 202 Å². The van der Waals surface area contributed by atoms with E-state index in [4.69, 9.17) is 9.47 Å². The van der Waals surface area contributed by atoms with Crippen LogP contribution in [0.4, 0.5) is 11.5 Å². The Balaban J connectivity index is 1.55. The number of pyridine rings is 1. The van der Waals surface area contributed by atoms with E-state index in [0.717, 1.165) is 27.5 Å². The molecule has 0 radical (unpaired) electrons. The lowest BCUT2D eigenvalue weighted by atomic mass is 10.0. The normalized spacial score (nSPS) is 10.9. The lowest BCUT2D eigenvalue weighted by molar-refractivity contribution is -0.385. The molecule has 35 heavy (non-hydrogen) atoms. The van der Waals surface area contributed by atoms with Crippen LogP contribution in [0.5, 0.6) is 11.5 Å². The van der Waals surface area contributed by atoms with Crippen LogP contribution in [0.3, 0.4) is 0 Å². The molecule has 176 valence electrons. The van der Waals surface area contributed by atoms with E-state index in [1.807, 2.05) is 30.3 Å². The number of methoxy groups -OCH3 is 1. The molecule has 3 aromatic carbocycles. The van der Waals surface area contributed by atoms with Crippen molar-refractivity contribution >= 4 is 28.5 Å². The topological polar surface area (TPSA) is 98.9 Å². The number of hydrazone groups is 1. The molecule has 4 rings (SSSR count). The first kappa shape index (κ1) is 23.4. The zero-order valence-electron chi connectivity index (χ0n) is 19.2. The first-order valence-electron chi connectivity index (χ1n) is 10.9. The number of rotatable bonds is 10. The Morgan fingerprint density at radius 2 is 1.94 bits per heavy atom. The monoisotopic (exact) mass is 468 g/mol. The Morgan fingerprint density at radius 3 is 2.69 bits per heavy atom. The molecule has 0 atom stereocenters. The van der Waals surface area contributed by atoms with Crippen LogP contribution in [0, 0.1) is 10.1 Å². The molecular weight excluding hydrogens is 444 g/mol. The molecule has 0 saturated heterocycles. The fourth-order valence-corrected chi connectivity index (χ4v) is 3.68. The minimum Gasteiger partial charge on any atom is -0.493 e. The smallest absolute Gasteiger partial charge is 0.287 e. The second kappa shape index (κ2) is 10.9. The van der Waals surface area contributed by atoms with E-state index < -0.39 is 4.92 Å². The third-order valence-corrected chi connectivity index (χ3v) is 5.34. The maximum Gasteiger partial charge on any atom is 0.287 e. The van der Waals surface area contributed by atoms with E-state index in [9.17, 15) is 10.1 Å². The SMILES string of the molecule is C=CCc1cc(/C=N/Nc2ccc([N+](=O)[O-])cn2)cc(OC)c1OCc1cccc2ccccc12. The van der Waals surface area contributed by atoms with Gasteiger partial charge in [-0.3, -0.25) is 15.5 Å². The molecule has 0 spiro atoms. The number of nitro groups is 1. The van der Waals surface area contributed by atoms with Gasteiger partial charge in [-0.05, 0) is 46.5 Å². The van der Waals surface area contributed by atoms with Crippen molar-refractivity contribution in [2.24, 2.45) is 5.10 Å². The number of hydrogen-bond acceptors (Lipinski definition) is 7. The summed E-state index contributed by atoms with van der Waals surface area (Å²) in [5, 5.41) is 17.3. The first-order chi connectivity index (χ1) is 17.1. The van der Waals surface area contributed by atoms with Gasteiger partial charge in [0.25, 0.3) is 5.69 Å². The van der Waals surface area contributed by atoms with Crippen LogP contribution in [0.25, 0.3) is 10.8 Å². The molecule has 0 unspecified atom stereocenters. The van der Waals surface area contributed by atoms with Crippen LogP contribution in [0.2, 0.25) is 0 Å². The fourth-order valence-electron chi connectivity index (χ4n) is 3.68. The largest absolute Gasteiger partial charge is 0.493 e. The number of aromatic nitrogens is 1. The molecule has 0 aliphatic carbocycles. The van der Waals surface area contributed by atoms with Crippen molar-refractivity contribution in [3.05, 3.63) is 112 Å². The second-order valence-corrected chi connectivity index (χ2v) is 7.66. The molecule has 0 saturated carbocycles. The molecule has 1 heterocycles. The summed E-state index contributed by atoms with van der Waals surface area (Å²) in [7, 11) is 1.60. The highest BCUT2D eigenvalue weighted by Crippen LogP contribution is 2.34. The van der Waals surface area contributed by atoms with Gasteiger partial charge in [-0.2, -0.15) is 5.10 Å². The van der Waals surface area contributed by atoms with Gasteiger partial charge >= 0.3 is 0 Å². The van der Waals surface area contributed by atoms with E-state index >= 15 is 0 Å². The highest BCUT2D eigenvalue weighted by atomic mass is 16.6. The molecule has 4 aromatic rings. The van der Waals surface area contributed by atoms with Gasteiger partial charge in [-0.1, -0.05) is 48.5 Å². The number of hydrogen-bond donors (Lipinski definition) is 1. The van der Waals surface area contributed by atoms with Gasteiger partial charge in [0.2, 0.25) is 0 Å². The van der Waals surface area contributed by atoms with Crippen molar-refractivity contribution in [3.8, 4) is 11.5 Å². The summed E-state index contributed by atoms with van der Waals surface area (Å²) in [5.41, 5.74) is 5.46. The summed E-state index contributed by atoms with van der Waals surface area (Å²) in [6.45, 7) is 4.26. The Morgan fingerprint density at radius 1 is 1.11 bits per heavy atom. The van der Waals surface area contributed by atoms with E-state index in [1.165, 1.54) is 18.3 Å². The summed E-state index contributed by atoms with van der Waals surface area (Å²) in [6.07, 6.45) is 5.18. The lowest BCUT2D eigenvalue weighted by Gasteiger charge is -2.16. The van der Waals surface area contributed by atoms with Crippen molar-refractivity contribution in [2.75, 3.05) is 12.5 Å². The molecule has 1 N–H and O–H groups in total. The lowest BCUT2D eigenvalue weighted by Crippen LogP contribution is -2.03. The summed E-state index contributed by atoms with van der Waals surface area (Å²) in [4.78, 5) is 14.2. The van der Waals surface area contributed by atoms with Gasteiger partial charge in [-0.25, -0.2) is 4.98 Å². The van der Waals surface area contributed by atoms with Crippen molar-refractivity contribution in [1.82, 2.24) is 4.98 Å². The summed E-state index contributed by atoms with van der Waals surface area (Å²) in [6, 6.07) is 21.0. The average Bonchev–Trinajstić information content (AvgIpc) is 2.88. The minimum absolute atomic E-state index is 0.0857. The third-order valence-electron chi connectivity index (χ3n) is 5.34. The van der Waals surface area contributed by atoms with Crippen LogP contribution >= 0.6 is 0 Å². The van der Waals surface area contributed by atoms with Crippen LogP contribution < -0.4 is 14.9 Å². The number of ether oxygens (including phenoxy) is 2. The zero-order valence-corrected chi connectivity index (χ0v) is 19.2. The Hall–Kier alpha value is -4.72. The molecule has 0 bridgehead atoms. The van der Waals surface area contributed by atoms with Gasteiger partial charge in [0, 0.05) is 11.6 Å². The van der Waals surface area contributed by atoms with Crippen LogP contribution in [-0.4, -0.2) is 23.2 Å². The fraction of sp³-hybridized carbons (Fsp3) is 0.111. The summed E-state index contributed by atoms with van der Waals surface area (Å²) in [5.74, 6) is 1.63. The summed E-state index contributed by atoms with van der Waals surface area (Å²) >= 11 is 0. The van der Waals surface area contributed by atoms with Crippen molar-refractivity contribution in [3.63, 3.8) is 0 Å². The minimum atomic E-state index is -0.503. The van der Waals surface area contributed by atoms with Crippen molar-refractivity contribution < 1.29 is 14.4 Å². The molecule has 8 nitrogen and oxygen atoms in total. The van der Waals surface area contributed by atoms with Crippen LogP contribution in [0.1, 0.15) is 16.7 Å². The molecule has 0 aliphatic rings. The molecule has 0 amide bonds. The number of benzene rings is 3.